The molecular weight excluding hydrogens is 302 g/mol. The number of halogens is 1. The molecular formula is C17H16ClNO3. The number of hydrogen-bond acceptors (Lipinski definition) is 3. The van der Waals surface area contributed by atoms with Crippen molar-refractivity contribution in [1.82, 2.24) is 5.32 Å². The number of rotatable bonds is 6. The van der Waals surface area contributed by atoms with Gasteiger partial charge in [-0.1, -0.05) is 23.7 Å². The van der Waals surface area contributed by atoms with Gasteiger partial charge in [0.2, 0.25) is 0 Å². The average molecular weight is 318 g/mol. The van der Waals surface area contributed by atoms with Crippen LogP contribution in [0.5, 0.6) is 5.75 Å². The summed E-state index contributed by atoms with van der Waals surface area (Å²) in [5.41, 5.74) is 1.53. The monoisotopic (exact) mass is 317 g/mol. The largest absolute Gasteiger partial charge is 0.484 e. The first-order valence-corrected chi connectivity index (χ1v) is 7.19. The third-order valence-electron chi connectivity index (χ3n) is 3.13. The second-order valence-electron chi connectivity index (χ2n) is 4.82. The van der Waals surface area contributed by atoms with Crippen LogP contribution in [0.2, 0.25) is 5.02 Å². The third-order valence-corrected chi connectivity index (χ3v) is 3.39. The van der Waals surface area contributed by atoms with E-state index in [-0.39, 0.29) is 18.6 Å². The van der Waals surface area contributed by atoms with Crippen molar-refractivity contribution in [3.63, 3.8) is 0 Å². The fourth-order valence-electron chi connectivity index (χ4n) is 1.91. The van der Waals surface area contributed by atoms with E-state index in [1.165, 1.54) is 0 Å². The van der Waals surface area contributed by atoms with Crippen molar-refractivity contribution in [2.75, 3.05) is 6.61 Å². The molecule has 2 aromatic rings. The van der Waals surface area contributed by atoms with E-state index < -0.39 is 0 Å². The number of nitrogens with one attached hydrogen (secondary N) is 1. The van der Waals surface area contributed by atoms with Gasteiger partial charge in [0.1, 0.15) is 12.0 Å². The lowest BCUT2D eigenvalue weighted by atomic mass is 10.1. The lowest BCUT2D eigenvalue weighted by Gasteiger charge is -2.15. The van der Waals surface area contributed by atoms with E-state index in [1.54, 1.807) is 36.4 Å². The topological polar surface area (TPSA) is 55.4 Å². The van der Waals surface area contributed by atoms with Crippen LogP contribution >= 0.6 is 11.6 Å². The van der Waals surface area contributed by atoms with Crippen molar-refractivity contribution >= 4 is 23.8 Å². The number of amides is 1. The number of benzene rings is 2. The Bertz CT molecular complexity index is 638. The van der Waals surface area contributed by atoms with Gasteiger partial charge < -0.3 is 10.1 Å². The molecule has 0 saturated heterocycles. The second kappa shape index (κ2) is 7.61. The van der Waals surface area contributed by atoms with Crippen LogP contribution in [-0.2, 0) is 4.79 Å². The molecule has 1 atom stereocenters. The molecule has 0 radical (unpaired) electrons. The molecule has 114 valence electrons. The van der Waals surface area contributed by atoms with Crippen molar-refractivity contribution < 1.29 is 14.3 Å². The smallest absolute Gasteiger partial charge is 0.258 e. The maximum atomic E-state index is 11.9. The van der Waals surface area contributed by atoms with E-state index >= 15 is 0 Å². The van der Waals surface area contributed by atoms with Gasteiger partial charge in [-0.3, -0.25) is 9.59 Å². The Kier molecular flexibility index (Phi) is 5.55. The molecule has 0 fully saturated rings. The predicted octanol–water partition coefficient (Wildman–Crippen LogP) is 3.41. The number of carbonyl (C=O) groups excluding carboxylic acids is 2. The standard InChI is InChI=1S/C17H16ClNO3/c1-12(14-4-6-15(18)7-5-14)19-17(21)11-22-16-8-2-13(10-20)3-9-16/h2-10,12H,11H2,1H3,(H,19,21). The molecule has 1 N–H and O–H groups in total. The fraction of sp³-hybridized carbons (Fsp3) is 0.176. The quantitative estimate of drug-likeness (QED) is 0.831. The van der Waals surface area contributed by atoms with E-state index in [1.807, 2.05) is 19.1 Å². The van der Waals surface area contributed by atoms with Crippen LogP contribution in [0.1, 0.15) is 28.9 Å². The van der Waals surface area contributed by atoms with E-state index in [9.17, 15) is 9.59 Å². The minimum absolute atomic E-state index is 0.0850. The van der Waals surface area contributed by atoms with Gasteiger partial charge >= 0.3 is 0 Å². The molecule has 1 unspecified atom stereocenters. The van der Waals surface area contributed by atoms with Crippen LogP contribution in [0.15, 0.2) is 48.5 Å². The number of carbonyl (C=O) groups is 2. The number of aldehydes is 1. The van der Waals surface area contributed by atoms with E-state index in [0.717, 1.165) is 11.8 Å². The van der Waals surface area contributed by atoms with Gasteiger partial charge in [-0.25, -0.2) is 0 Å². The highest BCUT2D eigenvalue weighted by atomic mass is 35.5. The van der Waals surface area contributed by atoms with Crippen molar-refractivity contribution in [3.8, 4) is 5.75 Å². The zero-order valence-electron chi connectivity index (χ0n) is 12.1. The molecule has 0 heterocycles. The lowest BCUT2D eigenvalue weighted by Crippen LogP contribution is -2.31. The van der Waals surface area contributed by atoms with E-state index in [0.29, 0.717) is 16.3 Å². The minimum atomic E-state index is -0.220. The van der Waals surface area contributed by atoms with E-state index in [2.05, 4.69) is 5.32 Å². The molecule has 2 rings (SSSR count). The molecule has 0 aliphatic carbocycles. The molecule has 5 heteroatoms. The Morgan fingerprint density at radius 3 is 2.41 bits per heavy atom. The summed E-state index contributed by atoms with van der Waals surface area (Å²) in [4.78, 5) is 22.4. The Hall–Kier alpha value is -2.33. The zero-order chi connectivity index (χ0) is 15.9. The fourth-order valence-corrected chi connectivity index (χ4v) is 2.04. The summed E-state index contributed by atoms with van der Waals surface area (Å²) >= 11 is 5.83. The third kappa shape index (κ3) is 4.60. The van der Waals surface area contributed by atoms with Crippen LogP contribution in [0.25, 0.3) is 0 Å². The van der Waals surface area contributed by atoms with Gasteiger partial charge in [-0.05, 0) is 48.9 Å². The van der Waals surface area contributed by atoms with Crippen molar-refractivity contribution in [1.29, 1.82) is 0 Å². The molecule has 2 aromatic carbocycles. The van der Waals surface area contributed by atoms with E-state index in [4.69, 9.17) is 16.3 Å². The first-order valence-electron chi connectivity index (χ1n) is 6.81. The van der Waals surface area contributed by atoms with Crippen molar-refractivity contribution in [2.45, 2.75) is 13.0 Å². The summed E-state index contributed by atoms with van der Waals surface area (Å²) in [6.45, 7) is 1.80. The maximum Gasteiger partial charge on any atom is 0.258 e. The summed E-state index contributed by atoms with van der Waals surface area (Å²) in [6.07, 6.45) is 0.754. The molecule has 0 saturated carbocycles. The van der Waals surface area contributed by atoms with Crippen LogP contribution in [0.4, 0.5) is 0 Å². The van der Waals surface area contributed by atoms with Gasteiger partial charge in [-0.15, -0.1) is 0 Å². The molecule has 0 bridgehead atoms. The summed E-state index contributed by atoms with van der Waals surface area (Å²) in [6, 6.07) is 13.7. The summed E-state index contributed by atoms with van der Waals surface area (Å²) in [5, 5.41) is 3.50. The Morgan fingerprint density at radius 1 is 1.18 bits per heavy atom. The van der Waals surface area contributed by atoms with Crippen LogP contribution in [0, 0.1) is 0 Å². The molecule has 0 aromatic heterocycles. The van der Waals surface area contributed by atoms with Crippen LogP contribution in [0.3, 0.4) is 0 Å². The highest BCUT2D eigenvalue weighted by Crippen LogP contribution is 2.16. The average Bonchev–Trinajstić information content (AvgIpc) is 2.54. The molecule has 0 aliphatic rings. The Labute approximate surface area is 134 Å². The number of ether oxygens (including phenoxy) is 1. The minimum Gasteiger partial charge on any atom is -0.484 e. The second-order valence-corrected chi connectivity index (χ2v) is 5.25. The maximum absolute atomic E-state index is 11.9. The Morgan fingerprint density at radius 2 is 1.82 bits per heavy atom. The van der Waals surface area contributed by atoms with Gasteiger partial charge in [0.05, 0.1) is 6.04 Å². The molecule has 4 nitrogen and oxygen atoms in total. The zero-order valence-corrected chi connectivity index (χ0v) is 12.8. The van der Waals surface area contributed by atoms with Gasteiger partial charge in [0.15, 0.2) is 6.61 Å². The van der Waals surface area contributed by atoms with Gasteiger partial charge in [-0.2, -0.15) is 0 Å². The summed E-state index contributed by atoms with van der Waals surface area (Å²) in [5.74, 6) is 0.321. The first-order chi connectivity index (χ1) is 10.6. The normalized spacial score (nSPS) is 11.5. The highest BCUT2D eigenvalue weighted by molar-refractivity contribution is 6.30. The van der Waals surface area contributed by atoms with Crippen molar-refractivity contribution in [3.05, 3.63) is 64.7 Å². The lowest BCUT2D eigenvalue weighted by molar-refractivity contribution is -0.123. The summed E-state index contributed by atoms with van der Waals surface area (Å²) in [7, 11) is 0. The summed E-state index contributed by atoms with van der Waals surface area (Å²) < 4.78 is 5.37. The molecule has 22 heavy (non-hydrogen) atoms. The molecule has 0 spiro atoms. The van der Waals surface area contributed by atoms with Gasteiger partial charge in [0, 0.05) is 10.6 Å². The van der Waals surface area contributed by atoms with Gasteiger partial charge in [0.25, 0.3) is 5.91 Å². The van der Waals surface area contributed by atoms with Crippen LogP contribution in [-0.4, -0.2) is 18.8 Å². The first kappa shape index (κ1) is 16.0. The Balaban J connectivity index is 1.84. The van der Waals surface area contributed by atoms with Crippen LogP contribution < -0.4 is 10.1 Å². The van der Waals surface area contributed by atoms with Crippen molar-refractivity contribution in [2.24, 2.45) is 0 Å². The number of hydrogen-bond donors (Lipinski definition) is 1. The molecule has 0 aliphatic heterocycles. The SMILES string of the molecule is CC(NC(=O)COc1ccc(C=O)cc1)c1ccc(Cl)cc1. The predicted molar refractivity (Wildman–Crippen MR) is 85.3 cm³/mol. The molecule has 1 amide bonds. The highest BCUT2D eigenvalue weighted by Gasteiger charge is 2.10.